The van der Waals surface area contributed by atoms with E-state index in [1.807, 2.05) is 0 Å². The molecule has 2 heterocycles. The summed E-state index contributed by atoms with van der Waals surface area (Å²) in [5.41, 5.74) is 8.45. The van der Waals surface area contributed by atoms with Gasteiger partial charge in [-0.05, 0) is 76.2 Å². The van der Waals surface area contributed by atoms with Crippen LogP contribution in [0.25, 0.3) is 11.6 Å². The number of aromatic nitrogens is 1. The van der Waals surface area contributed by atoms with Gasteiger partial charge in [0.1, 0.15) is 5.82 Å². The minimum absolute atomic E-state index is 0.122. The predicted octanol–water partition coefficient (Wildman–Crippen LogP) is 3.60. The monoisotopic (exact) mass is 513 g/mol. The summed E-state index contributed by atoms with van der Waals surface area (Å²) in [4.78, 5) is 45.3. The van der Waals surface area contributed by atoms with Gasteiger partial charge in [0.25, 0.3) is 11.8 Å². The van der Waals surface area contributed by atoms with Crippen LogP contribution in [0, 0.1) is 19.7 Å². The number of halogens is 1. The maximum absolute atomic E-state index is 14.1. The Bertz CT molecular complexity index is 1190. The van der Waals surface area contributed by atoms with Gasteiger partial charge in [0.15, 0.2) is 0 Å². The molecule has 1 aromatic heterocycles. The number of fused-ring (bicyclic) bond motifs is 1. The van der Waals surface area contributed by atoms with E-state index in [0.717, 1.165) is 24.5 Å². The Labute approximate surface area is 216 Å². The Hall–Kier alpha value is -3.50. The second-order valence-electron chi connectivity index (χ2n) is 8.92. The predicted molar refractivity (Wildman–Crippen MR) is 142 cm³/mol. The molecule has 1 aliphatic rings. The van der Waals surface area contributed by atoms with Crippen molar-refractivity contribution in [3.05, 3.63) is 52.1 Å². The Morgan fingerprint density at radius 3 is 2.62 bits per heavy atom. The lowest BCUT2D eigenvalue weighted by molar-refractivity contribution is -0.112. The summed E-state index contributed by atoms with van der Waals surface area (Å²) in [6.07, 6.45) is 1.98. The minimum Gasteiger partial charge on any atom is -0.449 e. The summed E-state index contributed by atoms with van der Waals surface area (Å²) in [7, 11) is 0. The van der Waals surface area contributed by atoms with Crippen LogP contribution in [0.4, 0.5) is 14.9 Å². The van der Waals surface area contributed by atoms with Crippen LogP contribution in [0.1, 0.15) is 59.6 Å². The smallest absolute Gasteiger partial charge is 0.421 e. The molecule has 4 N–H and O–H groups in total. The third kappa shape index (κ3) is 6.26. The van der Waals surface area contributed by atoms with Crippen LogP contribution in [0.5, 0.6) is 0 Å². The number of carbonyl (C=O) groups excluding carboxylic acids is 3. The highest BCUT2D eigenvalue weighted by molar-refractivity contribution is 6.41. The molecular weight excluding hydrogens is 477 g/mol. The van der Waals surface area contributed by atoms with Crippen molar-refractivity contribution < 1.29 is 23.5 Å². The number of ether oxygens (including phenoxy) is 1. The van der Waals surface area contributed by atoms with Crippen molar-refractivity contribution in [2.24, 2.45) is 5.73 Å². The normalized spacial score (nSPS) is 14.0. The lowest BCUT2D eigenvalue weighted by atomic mass is 10.0. The van der Waals surface area contributed by atoms with Gasteiger partial charge in [-0.3, -0.25) is 9.59 Å². The van der Waals surface area contributed by atoms with E-state index < -0.39 is 17.8 Å². The Balaban J connectivity index is 1.87. The summed E-state index contributed by atoms with van der Waals surface area (Å²) in [6.45, 7) is 11.4. The van der Waals surface area contributed by atoms with Crippen molar-refractivity contribution in [3.8, 4) is 0 Å². The van der Waals surface area contributed by atoms with Crippen LogP contribution in [-0.2, 0) is 9.53 Å². The molecule has 2 aromatic rings. The average molecular weight is 514 g/mol. The van der Waals surface area contributed by atoms with Crippen molar-refractivity contribution in [1.82, 2.24) is 15.2 Å². The van der Waals surface area contributed by atoms with Crippen molar-refractivity contribution in [3.63, 3.8) is 0 Å². The van der Waals surface area contributed by atoms with Gasteiger partial charge in [-0.2, -0.15) is 0 Å². The second kappa shape index (κ2) is 12.6. The molecule has 0 aliphatic carbocycles. The fraction of sp³-hybridized carbons (Fsp3) is 0.444. The maximum atomic E-state index is 14.1. The zero-order valence-corrected chi connectivity index (χ0v) is 21.9. The Kier molecular flexibility index (Phi) is 9.60. The number of aryl methyl sites for hydroxylation is 1. The van der Waals surface area contributed by atoms with E-state index in [-0.39, 0.29) is 29.3 Å². The molecule has 200 valence electrons. The number of rotatable bonds is 11. The Morgan fingerprint density at radius 1 is 1.22 bits per heavy atom. The van der Waals surface area contributed by atoms with E-state index in [4.69, 9.17) is 10.5 Å². The molecule has 3 amide bonds. The molecule has 1 aromatic carbocycles. The lowest BCUT2D eigenvalue weighted by Gasteiger charge is -2.18. The number of hydrogen-bond donors (Lipinski definition) is 3. The molecule has 0 atom stereocenters. The van der Waals surface area contributed by atoms with E-state index in [9.17, 15) is 18.8 Å². The van der Waals surface area contributed by atoms with E-state index in [0.29, 0.717) is 48.4 Å². The van der Waals surface area contributed by atoms with Crippen molar-refractivity contribution in [1.29, 1.82) is 0 Å². The molecule has 0 bridgehead atoms. The number of unbranched alkanes of at least 4 members (excludes halogenated alkanes) is 1. The summed E-state index contributed by atoms with van der Waals surface area (Å²) in [5, 5.41) is 2.95. The number of nitrogens with two attached hydrogens (primary N) is 1. The highest BCUT2D eigenvalue weighted by Crippen LogP contribution is 2.39. The van der Waals surface area contributed by atoms with Crippen LogP contribution in [0.2, 0.25) is 0 Å². The SMILES string of the molecule is CCN(CC)CCNC(=O)c1c(C)[nH]c(/C=C2\C(=O)N(C(=O)OCCCCN)c3ccc(F)cc32)c1C. The van der Waals surface area contributed by atoms with Crippen LogP contribution in [0.3, 0.4) is 0 Å². The van der Waals surface area contributed by atoms with E-state index in [1.165, 1.54) is 18.2 Å². The molecule has 0 spiro atoms. The van der Waals surface area contributed by atoms with Gasteiger partial charge < -0.3 is 25.7 Å². The molecule has 9 nitrogen and oxygen atoms in total. The number of H-pyrrole nitrogens is 1. The topological polar surface area (TPSA) is 121 Å². The van der Waals surface area contributed by atoms with Crippen LogP contribution >= 0.6 is 0 Å². The molecule has 10 heteroatoms. The molecule has 3 rings (SSSR count). The van der Waals surface area contributed by atoms with Crippen LogP contribution in [0.15, 0.2) is 18.2 Å². The van der Waals surface area contributed by atoms with Gasteiger partial charge in [-0.25, -0.2) is 14.1 Å². The lowest BCUT2D eigenvalue weighted by Crippen LogP contribution is -2.35. The quantitative estimate of drug-likeness (QED) is 0.312. The summed E-state index contributed by atoms with van der Waals surface area (Å²) < 4.78 is 19.4. The zero-order valence-electron chi connectivity index (χ0n) is 21.9. The van der Waals surface area contributed by atoms with E-state index in [2.05, 4.69) is 29.0 Å². The van der Waals surface area contributed by atoms with Gasteiger partial charge in [0, 0.05) is 30.0 Å². The molecule has 0 saturated heterocycles. The zero-order chi connectivity index (χ0) is 27.1. The third-order valence-electron chi connectivity index (χ3n) is 6.53. The van der Waals surface area contributed by atoms with Crippen molar-refractivity contribution >= 4 is 35.2 Å². The van der Waals surface area contributed by atoms with Crippen molar-refractivity contribution in [2.75, 3.05) is 44.2 Å². The minimum atomic E-state index is -0.828. The fourth-order valence-electron chi connectivity index (χ4n) is 4.41. The van der Waals surface area contributed by atoms with Gasteiger partial charge in [0.05, 0.1) is 23.4 Å². The summed E-state index contributed by atoms with van der Waals surface area (Å²) in [6, 6.07) is 3.79. The molecular formula is C27H36FN5O4. The highest BCUT2D eigenvalue weighted by atomic mass is 19.1. The van der Waals surface area contributed by atoms with Gasteiger partial charge in [-0.15, -0.1) is 0 Å². The Morgan fingerprint density at radius 2 is 1.95 bits per heavy atom. The number of nitrogens with zero attached hydrogens (tertiary/aromatic N) is 2. The molecule has 1 aliphatic heterocycles. The number of nitrogens with one attached hydrogen (secondary N) is 2. The van der Waals surface area contributed by atoms with Gasteiger partial charge in [0.2, 0.25) is 0 Å². The van der Waals surface area contributed by atoms with Gasteiger partial charge in [-0.1, -0.05) is 13.8 Å². The largest absolute Gasteiger partial charge is 0.449 e. The maximum Gasteiger partial charge on any atom is 0.421 e. The number of carbonyl (C=O) groups is 3. The summed E-state index contributed by atoms with van der Waals surface area (Å²) >= 11 is 0. The number of aromatic amines is 1. The first kappa shape index (κ1) is 28.1. The number of amides is 3. The van der Waals surface area contributed by atoms with Crippen LogP contribution < -0.4 is 16.0 Å². The van der Waals surface area contributed by atoms with Crippen LogP contribution in [-0.4, -0.2) is 67.1 Å². The number of hydrogen-bond acceptors (Lipinski definition) is 6. The number of anilines is 1. The second-order valence-corrected chi connectivity index (χ2v) is 8.92. The molecule has 0 fully saturated rings. The van der Waals surface area contributed by atoms with Crippen molar-refractivity contribution in [2.45, 2.75) is 40.5 Å². The average Bonchev–Trinajstić information content (AvgIpc) is 3.31. The number of imide groups is 1. The van der Waals surface area contributed by atoms with E-state index in [1.54, 1.807) is 19.9 Å². The number of benzene rings is 1. The number of likely N-dealkylation sites (N-methyl/N-ethyl adjacent to an activating group) is 1. The first-order chi connectivity index (χ1) is 17.7. The highest BCUT2D eigenvalue weighted by Gasteiger charge is 2.38. The summed E-state index contributed by atoms with van der Waals surface area (Å²) in [5.74, 6) is -1.38. The van der Waals surface area contributed by atoms with Gasteiger partial charge >= 0.3 is 6.09 Å². The molecule has 0 unspecified atom stereocenters. The molecule has 0 saturated carbocycles. The standard InChI is InChI=1S/C27H36FN5O4/c1-5-32(6-2)13-12-30-25(34)24-17(3)22(31-18(24)4)16-21-20-15-19(28)9-10-23(20)33(26(21)35)27(36)37-14-8-7-11-29/h9-10,15-16,31H,5-8,11-14,29H2,1-4H3,(H,30,34)/b21-16-. The first-order valence-electron chi connectivity index (χ1n) is 12.7. The fourth-order valence-corrected chi connectivity index (χ4v) is 4.41. The van der Waals surface area contributed by atoms with E-state index >= 15 is 0 Å². The molecule has 0 radical (unpaired) electrons. The first-order valence-corrected chi connectivity index (χ1v) is 12.7. The molecule has 37 heavy (non-hydrogen) atoms. The third-order valence-corrected chi connectivity index (χ3v) is 6.53.